The molecule has 1 N–H and O–H groups in total. The molecule has 120 valence electrons. The smallest absolute Gasteiger partial charge is 0.307 e. The highest BCUT2D eigenvalue weighted by atomic mass is 16.6. The molecule has 1 aliphatic heterocycles. The molecular weight excluding hydrogens is 288 g/mol. The number of likely N-dealkylation sites (tertiary alicyclic amines) is 1. The lowest BCUT2D eigenvalue weighted by molar-refractivity contribution is -0.385. The Morgan fingerprint density at radius 2 is 2.27 bits per heavy atom. The summed E-state index contributed by atoms with van der Waals surface area (Å²) in [5.41, 5.74) is 0.731. The number of carbonyl (C=O) groups is 1. The van der Waals surface area contributed by atoms with E-state index in [0.29, 0.717) is 37.4 Å². The number of nitro benzene ring substituents is 1. The van der Waals surface area contributed by atoms with Crippen molar-refractivity contribution in [3.05, 3.63) is 33.9 Å². The summed E-state index contributed by atoms with van der Waals surface area (Å²) in [5, 5.41) is 20.0. The van der Waals surface area contributed by atoms with Gasteiger partial charge in [0, 0.05) is 30.8 Å². The Kier molecular flexibility index (Phi) is 4.97. The fourth-order valence-electron chi connectivity index (χ4n) is 2.59. The number of benzene rings is 1. The van der Waals surface area contributed by atoms with E-state index in [1.54, 1.807) is 6.07 Å². The van der Waals surface area contributed by atoms with Crippen LogP contribution in [0.3, 0.4) is 0 Å². The normalized spacial score (nSPS) is 18.6. The van der Waals surface area contributed by atoms with Gasteiger partial charge in [0.2, 0.25) is 0 Å². The van der Waals surface area contributed by atoms with Gasteiger partial charge in [-0.15, -0.1) is 0 Å². The van der Waals surface area contributed by atoms with Crippen molar-refractivity contribution in [1.29, 1.82) is 0 Å². The topological polar surface area (TPSA) is 92.9 Å². The molecule has 7 heteroatoms. The number of ether oxygens (including phenoxy) is 1. The fourth-order valence-corrected chi connectivity index (χ4v) is 2.59. The van der Waals surface area contributed by atoms with Crippen LogP contribution in [-0.4, -0.2) is 40.1 Å². The van der Waals surface area contributed by atoms with Crippen molar-refractivity contribution in [2.24, 2.45) is 5.92 Å². The van der Waals surface area contributed by atoms with Crippen LogP contribution in [0.1, 0.15) is 25.8 Å². The second-order valence-electron chi connectivity index (χ2n) is 5.77. The third kappa shape index (κ3) is 3.94. The number of rotatable bonds is 6. The minimum absolute atomic E-state index is 0.0140. The number of nitro groups is 1. The molecule has 0 radical (unpaired) electrons. The van der Waals surface area contributed by atoms with Crippen molar-refractivity contribution in [2.45, 2.75) is 32.9 Å². The number of carboxylic acids is 1. The van der Waals surface area contributed by atoms with Crippen molar-refractivity contribution in [1.82, 2.24) is 4.90 Å². The highest BCUT2D eigenvalue weighted by Gasteiger charge is 2.28. The van der Waals surface area contributed by atoms with Gasteiger partial charge >= 0.3 is 5.97 Å². The lowest BCUT2D eigenvalue weighted by Gasteiger charge is -2.19. The van der Waals surface area contributed by atoms with Crippen LogP contribution in [0.25, 0.3) is 0 Å². The SMILES string of the molecule is CC(C)Oc1ccc([N+](=O)[O-])cc1CN1CCC(C(=O)O)C1. The van der Waals surface area contributed by atoms with Gasteiger partial charge in [0.1, 0.15) is 5.75 Å². The highest BCUT2D eigenvalue weighted by Crippen LogP contribution is 2.28. The van der Waals surface area contributed by atoms with E-state index in [0.717, 1.165) is 0 Å². The average Bonchev–Trinajstić information content (AvgIpc) is 2.88. The number of aliphatic carboxylic acids is 1. The maximum atomic E-state index is 11.0. The third-order valence-electron chi connectivity index (χ3n) is 3.63. The molecule has 1 heterocycles. The van der Waals surface area contributed by atoms with Crippen molar-refractivity contribution in [2.75, 3.05) is 13.1 Å². The zero-order chi connectivity index (χ0) is 16.3. The summed E-state index contributed by atoms with van der Waals surface area (Å²) in [4.78, 5) is 23.5. The molecule has 1 unspecified atom stereocenters. The third-order valence-corrected chi connectivity index (χ3v) is 3.63. The van der Waals surface area contributed by atoms with E-state index in [1.165, 1.54) is 12.1 Å². The molecule has 0 aromatic heterocycles. The van der Waals surface area contributed by atoms with Crippen molar-refractivity contribution < 1.29 is 19.6 Å². The van der Waals surface area contributed by atoms with Crippen LogP contribution in [0.5, 0.6) is 5.75 Å². The van der Waals surface area contributed by atoms with Gasteiger partial charge in [-0.05, 0) is 32.9 Å². The summed E-state index contributed by atoms with van der Waals surface area (Å²) in [6.45, 7) is 5.36. The summed E-state index contributed by atoms with van der Waals surface area (Å²) in [7, 11) is 0. The largest absolute Gasteiger partial charge is 0.491 e. The molecule has 0 amide bonds. The predicted octanol–water partition coefficient (Wildman–Crippen LogP) is 2.29. The van der Waals surface area contributed by atoms with E-state index >= 15 is 0 Å². The van der Waals surface area contributed by atoms with E-state index in [-0.39, 0.29) is 17.7 Å². The van der Waals surface area contributed by atoms with Gasteiger partial charge in [-0.2, -0.15) is 0 Å². The molecule has 1 fully saturated rings. The Balaban J connectivity index is 2.18. The van der Waals surface area contributed by atoms with Crippen LogP contribution in [0.15, 0.2) is 18.2 Å². The zero-order valence-electron chi connectivity index (χ0n) is 12.7. The maximum Gasteiger partial charge on any atom is 0.307 e. The predicted molar refractivity (Wildman–Crippen MR) is 79.9 cm³/mol. The van der Waals surface area contributed by atoms with E-state index < -0.39 is 10.9 Å². The van der Waals surface area contributed by atoms with Gasteiger partial charge in [-0.3, -0.25) is 19.8 Å². The molecule has 0 saturated carbocycles. The molecule has 22 heavy (non-hydrogen) atoms. The number of non-ortho nitro benzene ring substituents is 1. The molecule has 7 nitrogen and oxygen atoms in total. The van der Waals surface area contributed by atoms with Gasteiger partial charge < -0.3 is 9.84 Å². The van der Waals surface area contributed by atoms with Crippen LogP contribution in [-0.2, 0) is 11.3 Å². The number of nitrogens with zero attached hydrogens (tertiary/aromatic N) is 2. The first-order valence-electron chi connectivity index (χ1n) is 7.26. The monoisotopic (exact) mass is 308 g/mol. The van der Waals surface area contributed by atoms with E-state index in [9.17, 15) is 14.9 Å². The van der Waals surface area contributed by atoms with Crippen molar-refractivity contribution >= 4 is 11.7 Å². The first-order valence-corrected chi connectivity index (χ1v) is 7.26. The summed E-state index contributed by atoms with van der Waals surface area (Å²) < 4.78 is 5.70. The summed E-state index contributed by atoms with van der Waals surface area (Å²) in [6, 6.07) is 4.54. The van der Waals surface area contributed by atoms with Gasteiger partial charge in [0.15, 0.2) is 0 Å². The Morgan fingerprint density at radius 1 is 1.55 bits per heavy atom. The first kappa shape index (κ1) is 16.2. The minimum atomic E-state index is -0.791. The minimum Gasteiger partial charge on any atom is -0.491 e. The zero-order valence-corrected chi connectivity index (χ0v) is 12.7. The summed E-state index contributed by atoms with van der Waals surface area (Å²) in [5.74, 6) is -0.548. The molecule has 2 rings (SSSR count). The number of hydrogen-bond donors (Lipinski definition) is 1. The molecular formula is C15H20N2O5. The molecule has 0 bridgehead atoms. The van der Waals surface area contributed by atoms with Crippen LogP contribution >= 0.6 is 0 Å². The number of hydrogen-bond acceptors (Lipinski definition) is 5. The highest BCUT2D eigenvalue weighted by molar-refractivity contribution is 5.70. The van der Waals surface area contributed by atoms with Gasteiger partial charge in [-0.25, -0.2) is 0 Å². The molecule has 0 spiro atoms. The molecule has 1 aromatic rings. The Bertz CT molecular complexity index is 573. The van der Waals surface area contributed by atoms with Gasteiger partial charge in [0.25, 0.3) is 5.69 Å². The second-order valence-corrected chi connectivity index (χ2v) is 5.77. The van der Waals surface area contributed by atoms with Crippen LogP contribution in [0, 0.1) is 16.0 Å². The van der Waals surface area contributed by atoms with E-state index in [2.05, 4.69) is 0 Å². The lowest BCUT2D eigenvalue weighted by Crippen LogP contribution is -2.23. The maximum absolute atomic E-state index is 11.0. The quantitative estimate of drug-likeness (QED) is 0.640. The van der Waals surface area contributed by atoms with E-state index in [1.807, 2.05) is 18.7 Å². The first-order chi connectivity index (χ1) is 10.4. The van der Waals surface area contributed by atoms with Crippen LogP contribution in [0.2, 0.25) is 0 Å². The molecule has 1 aromatic carbocycles. The molecule has 1 saturated heterocycles. The summed E-state index contributed by atoms with van der Waals surface area (Å²) in [6.07, 6.45) is 0.565. The van der Waals surface area contributed by atoms with Gasteiger partial charge in [0.05, 0.1) is 16.9 Å². The average molecular weight is 308 g/mol. The Labute approximate surface area is 128 Å². The standard InChI is InChI=1S/C15H20N2O5/c1-10(2)22-14-4-3-13(17(20)21)7-12(14)9-16-6-5-11(8-16)15(18)19/h3-4,7,10-11H,5-6,8-9H2,1-2H3,(H,18,19). The van der Waals surface area contributed by atoms with Crippen molar-refractivity contribution in [3.63, 3.8) is 0 Å². The van der Waals surface area contributed by atoms with Crippen LogP contribution < -0.4 is 4.74 Å². The molecule has 1 aliphatic rings. The second kappa shape index (κ2) is 6.74. The molecule has 1 atom stereocenters. The van der Waals surface area contributed by atoms with Crippen molar-refractivity contribution in [3.8, 4) is 5.75 Å². The van der Waals surface area contributed by atoms with E-state index in [4.69, 9.17) is 9.84 Å². The molecule has 0 aliphatic carbocycles. The lowest BCUT2D eigenvalue weighted by atomic mass is 10.1. The Hall–Kier alpha value is -2.15. The van der Waals surface area contributed by atoms with Crippen LogP contribution in [0.4, 0.5) is 5.69 Å². The van der Waals surface area contributed by atoms with Gasteiger partial charge in [-0.1, -0.05) is 0 Å². The number of carboxylic acid groups (broad SMARTS) is 1. The fraction of sp³-hybridized carbons (Fsp3) is 0.533. The summed E-state index contributed by atoms with van der Waals surface area (Å²) >= 11 is 0. The Morgan fingerprint density at radius 3 is 2.82 bits per heavy atom.